The van der Waals surface area contributed by atoms with Crippen molar-refractivity contribution in [2.45, 2.75) is 52.5 Å². The molecule has 1 fully saturated rings. The third-order valence-electron chi connectivity index (χ3n) is 7.76. The first-order chi connectivity index (χ1) is 15.9. The highest BCUT2D eigenvalue weighted by atomic mass is 16.4. The largest absolute Gasteiger partial charge is 0.421 e. The fourth-order valence-corrected chi connectivity index (χ4v) is 5.66. The predicted octanol–water partition coefficient (Wildman–Crippen LogP) is 4.66. The van der Waals surface area contributed by atoms with Crippen molar-refractivity contribution in [3.05, 3.63) is 41.8 Å². The van der Waals surface area contributed by atoms with E-state index < -0.39 is 0 Å². The summed E-state index contributed by atoms with van der Waals surface area (Å²) in [5.41, 5.74) is 3.54. The molecule has 6 heteroatoms. The van der Waals surface area contributed by atoms with Gasteiger partial charge in [0.05, 0.1) is 6.61 Å². The van der Waals surface area contributed by atoms with Crippen LogP contribution in [0.15, 0.2) is 40.3 Å². The van der Waals surface area contributed by atoms with E-state index in [-0.39, 0.29) is 6.61 Å². The normalized spacial score (nSPS) is 26.1. The van der Waals surface area contributed by atoms with Crippen molar-refractivity contribution in [2.24, 2.45) is 23.7 Å². The van der Waals surface area contributed by atoms with Crippen LogP contribution >= 0.6 is 0 Å². The fraction of sp³-hybridized carbons (Fsp3) is 0.630. The fourth-order valence-electron chi connectivity index (χ4n) is 5.66. The molecule has 1 aliphatic heterocycles. The smallest absolute Gasteiger partial charge is 0.247 e. The van der Waals surface area contributed by atoms with E-state index in [0.717, 1.165) is 49.5 Å². The molecule has 33 heavy (non-hydrogen) atoms. The second-order valence-electron chi connectivity index (χ2n) is 10.5. The van der Waals surface area contributed by atoms with Crippen LogP contribution < -0.4 is 4.90 Å². The lowest BCUT2D eigenvalue weighted by molar-refractivity contribution is 0.117. The minimum absolute atomic E-state index is 0.280. The molecule has 1 aliphatic carbocycles. The highest BCUT2D eigenvalue weighted by Crippen LogP contribution is 2.40. The van der Waals surface area contributed by atoms with Gasteiger partial charge in [-0.3, -0.25) is 4.90 Å². The molecule has 1 saturated heterocycles. The average molecular weight is 453 g/mol. The Bertz CT molecular complexity index is 934. The zero-order chi connectivity index (χ0) is 23.5. The molecule has 180 valence electrons. The molecule has 1 aromatic carbocycles. The highest BCUT2D eigenvalue weighted by Gasteiger charge is 2.35. The molecule has 0 saturated carbocycles. The van der Waals surface area contributed by atoms with Crippen LogP contribution in [0.5, 0.6) is 0 Å². The summed E-state index contributed by atoms with van der Waals surface area (Å²) in [6.45, 7) is 9.41. The van der Waals surface area contributed by atoms with Gasteiger partial charge in [0.2, 0.25) is 11.8 Å². The van der Waals surface area contributed by atoms with Crippen LogP contribution in [-0.4, -0.2) is 60.0 Å². The number of anilines is 1. The van der Waals surface area contributed by atoms with Gasteiger partial charge in [-0.25, -0.2) is 0 Å². The van der Waals surface area contributed by atoms with Gasteiger partial charge in [0.1, 0.15) is 0 Å². The van der Waals surface area contributed by atoms with E-state index in [4.69, 9.17) is 4.42 Å². The minimum Gasteiger partial charge on any atom is -0.421 e. The van der Waals surface area contributed by atoms with Gasteiger partial charge in [-0.2, -0.15) is 0 Å². The zero-order valence-electron chi connectivity index (χ0n) is 20.9. The highest BCUT2D eigenvalue weighted by molar-refractivity contribution is 5.58. The van der Waals surface area contributed by atoms with Crippen molar-refractivity contribution in [3.63, 3.8) is 0 Å². The molecule has 2 aromatic rings. The summed E-state index contributed by atoms with van der Waals surface area (Å²) < 4.78 is 6.08. The quantitative estimate of drug-likeness (QED) is 0.588. The average Bonchev–Trinajstić information content (AvgIpc) is 3.44. The van der Waals surface area contributed by atoms with Gasteiger partial charge < -0.3 is 14.4 Å². The van der Waals surface area contributed by atoms with Crippen LogP contribution in [0.3, 0.4) is 0 Å². The van der Waals surface area contributed by atoms with Gasteiger partial charge in [-0.1, -0.05) is 25.5 Å². The topological polar surface area (TPSA) is 65.6 Å². The van der Waals surface area contributed by atoms with E-state index in [0.29, 0.717) is 35.6 Å². The molecule has 0 spiro atoms. The number of likely N-dealkylation sites (tertiary alicyclic amines) is 1. The number of allylic oxidation sites excluding steroid dienone is 1. The van der Waals surface area contributed by atoms with Crippen molar-refractivity contribution in [1.29, 1.82) is 0 Å². The van der Waals surface area contributed by atoms with Gasteiger partial charge in [0, 0.05) is 44.4 Å². The summed E-state index contributed by atoms with van der Waals surface area (Å²) in [5.74, 6) is 3.53. The molecule has 4 rings (SSSR count). The summed E-state index contributed by atoms with van der Waals surface area (Å²) >= 11 is 0. The monoisotopic (exact) mass is 452 g/mol. The Labute approximate surface area is 198 Å². The van der Waals surface area contributed by atoms with Gasteiger partial charge in [0.25, 0.3) is 0 Å². The Morgan fingerprint density at radius 1 is 1.18 bits per heavy atom. The third-order valence-corrected chi connectivity index (χ3v) is 7.76. The summed E-state index contributed by atoms with van der Waals surface area (Å²) in [7, 11) is 4.07. The molecule has 1 N–H and O–H groups in total. The molecule has 0 radical (unpaired) electrons. The molecule has 0 amide bonds. The maximum Gasteiger partial charge on any atom is 0.247 e. The lowest BCUT2D eigenvalue weighted by atomic mass is 9.69. The van der Waals surface area contributed by atoms with Crippen LogP contribution in [0.2, 0.25) is 0 Å². The Balaban J connectivity index is 1.45. The number of aliphatic hydroxyl groups is 1. The lowest BCUT2D eigenvalue weighted by Crippen LogP contribution is -2.40. The van der Waals surface area contributed by atoms with Crippen LogP contribution in [0.25, 0.3) is 11.5 Å². The Morgan fingerprint density at radius 2 is 1.94 bits per heavy atom. The van der Waals surface area contributed by atoms with E-state index in [2.05, 4.69) is 59.0 Å². The first-order valence-corrected chi connectivity index (χ1v) is 12.5. The van der Waals surface area contributed by atoms with Crippen molar-refractivity contribution in [2.75, 3.05) is 38.7 Å². The lowest BCUT2D eigenvalue weighted by Gasteiger charge is -2.39. The van der Waals surface area contributed by atoms with Gasteiger partial charge in [-0.15, -0.1) is 10.2 Å². The van der Waals surface area contributed by atoms with Crippen molar-refractivity contribution < 1.29 is 9.52 Å². The summed E-state index contributed by atoms with van der Waals surface area (Å²) in [4.78, 5) is 4.59. The molecule has 4 atom stereocenters. The zero-order valence-corrected chi connectivity index (χ0v) is 20.9. The Kier molecular flexibility index (Phi) is 7.55. The van der Waals surface area contributed by atoms with Crippen LogP contribution in [0, 0.1) is 23.7 Å². The van der Waals surface area contributed by atoms with Crippen LogP contribution in [0.1, 0.15) is 45.9 Å². The maximum absolute atomic E-state index is 9.74. The number of hydrogen-bond acceptors (Lipinski definition) is 6. The molecule has 6 nitrogen and oxygen atoms in total. The maximum atomic E-state index is 9.74. The van der Waals surface area contributed by atoms with Crippen LogP contribution in [0.4, 0.5) is 5.69 Å². The molecule has 1 aromatic heterocycles. The van der Waals surface area contributed by atoms with E-state index in [1.54, 1.807) is 0 Å². The SMILES string of the molecule is CC1=CC(CN2CCCC2CO)C(C(C)C)CC1Cc1nnc(-c2ccc(N(C)C)cc2)o1. The third kappa shape index (κ3) is 5.49. The van der Waals surface area contributed by atoms with E-state index in [1.807, 2.05) is 26.2 Å². The Morgan fingerprint density at radius 3 is 2.61 bits per heavy atom. The second kappa shape index (κ2) is 10.4. The molecule has 0 bridgehead atoms. The number of aliphatic hydroxyl groups excluding tert-OH is 1. The summed E-state index contributed by atoms with van der Waals surface area (Å²) in [6, 6.07) is 8.56. The second-order valence-corrected chi connectivity index (χ2v) is 10.5. The van der Waals surface area contributed by atoms with Crippen LogP contribution in [-0.2, 0) is 6.42 Å². The minimum atomic E-state index is 0.280. The summed E-state index contributed by atoms with van der Waals surface area (Å²) in [6.07, 6.45) is 6.77. The van der Waals surface area contributed by atoms with Gasteiger partial charge >= 0.3 is 0 Å². The number of aromatic nitrogens is 2. The number of rotatable bonds is 8. The molecule has 2 heterocycles. The van der Waals surface area contributed by atoms with E-state index in [1.165, 1.54) is 12.0 Å². The summed E-state index contributed by atoms with van der Waals surface area (Å²) in [5, 5.41) is 18.4. The van der Waals surface area contributed by atoms with Gasteiger partial charge in [0.15, 0.2) is 0 Å². The van der Waals surface area contributed by atoms with Crippen molar-refractivity contribution in [1.82, 2.24) is 15.1 Å². The molecule has 2 aliphatic rings. The number of benzene rings is 1. The number of nitrogens with zero attached hydrogens (tertiary/aromatic N) is 4. The van der Waals surface area contributed by atoms with E-state index >= 15 is 0 Å². The predicted molar refractivity (Wildman–Crippen MR) is 133 cm³/mol. The van der Waals surface area contributed by atoms with Gasteiger partial charge in [-0.05, 0) is 80.7 Å². The molecule has 4 unspecified atom stereocenters. The van der Waals surface area contributed by atoms with Crippen molar-refractivity contribution in [3.8, 4) is 11.5 Å². The number of hydrogen-bond donors (Lipinski definition) is 1. The standard InChI is InChI=1S/C27H40N4O2/c1-18(2)25-14-21(19(3)13-22(25)16-31-12-6-7-24(31)17-32)15-26-28-29-27(33-26)20-8-10-23(11-9-20)30(4)5/h8-11,13,18,21-22,24-25,32H,6-7,12,14-17H2,1-5H3. The Hall–Kier alpha value is -2.18. The first kappa shape index (κ1) is 24.0. The first-order valence-electron chi connectivity index (χ1n) is 12.5. The van der Waals surface area contributed by atoms with E-state index in [9.17, 15) is 5.11 Å². The van der Waals surface area contributed by atoms with Crippen molar-refractivity contribution >= 4 is 5.69 Å². The molecular weight excluding hydrogens is 412 g/mol. The molecular formula is C27H40N4O2.